The fraction of sp³-hybridized carbons (Fsp3) is 0.667. The van der Waals surface area contributed by atoms with Crippen molar-refractivity contribution >= 4 is 5.91 Å². The van der Waals surface area contributed by atoms with Crippen molar-refractivity contribution in [1.29, 1.82) is 0 Å². The van der Waals surface area contributed by atoms with Crippen LogP contribution in [0.4, 0.5) is 0 Å². The summed E-state index contributed by atoms with van der Waals surface area (Å²) in [6.45, 7) is 2.33. The van der Waals surface area contributed by atoms with Gasteiger partial charge in [0.2, 0.25) is 5.91 Å². The molecule has 1 aromatic rings. The van der Waals surface area contributed by atoms with E-state index in [2.05, 4.69) is 10.2 Å². The predicted octanol–water partition coefficient (Wildman–Crippen LogP) is 0.490. The fourth-order valence-corrected chi connectivity index (χ4v) is 1.87. The number of aryl methyl sites for hydroxylation is 1. The van der Waals surface area contributed by atoms with E-state index in [-0.39, 0.29) is 18.4 Å². The van der Waals surface area contributed by atoms with Crippen LogP contribution in [0.5, 0.6) is 0 Å². The van der Waals surface area contributed by atoms with Crippen molar-refractivity contribution < 1.29 is 9.90 Å². The quantitative estimate of drug-likeness (QED) is 0.783. The van der Waals surface area contributed by atoms with Gasteiger partial charge in [0.25, 0.3) is 0 Å². The first kappa shape index (κ1) is 12.1. The third-order valence-electron chi connectivity index (χ3n) is 3.14. The molecule has 1 amide bonds. The highest BCUT2D eigenvalue weighted by Gasteiger charge is 2.31. The Bertz CT molecular complexity index is 398. The van der Waals surface area contributed by atoms with Crippen LogP contribution in [0.3, 0.4) is 0 Å². The zero-order valence-corrected chi connectivity index (χ0v) is 10.3. The molecule has 1 unspecified atom stereocenters. The van der Waals surface area contributed by atoms with Crippen LogP contribution in [0, 0.1) is 12.8 Å². The molecule has 17 heavy (non-hydrogen) atoms. The fourth-order valence-electron chi connectivity index (χ4n) is 1.87. The summed E-state index contributed by atoms with van der Waals surface area (Å²) >= 11 is 0. The number of H-pyrrole nitrogens is 1. The Labute approximate surface area is 101 Å². The Balaban J connectivity index is 1.82. The number of likely N-dealkylation sites (N-methyl/N-ethyl adjacent to an activating group) is 1. The van der Waals surface area contributed by atoms with Gasteiger partial charge in [-0.3, -0.25) is 9.89 Å². The van der Waals surface area contributed by atoms with E-state index in [0.717, 1.165) is 24.2 Å². The summed E-state index contributed by atoms with van der Waals surface area (Å²) in [7, 11) is 1.73. The molecule has 5 heteroatoms. The van der Waals surface area contributed by atoms with Crippen molar-refractivity contribution in [3.05, 3.63) is 17.5 Å². The van der Waals surface area contributed by atoms with Crippen LogP contribution < -0.4 is 0 Å². The van der Waals surface area contributed by atoms with Gasteiger partial charge in [0.1, 0.15) is 0 Å². The zero-order chi connectivity index (χ0) is 12.4. The molecular formula is C12H19N3O2. The zero-order valence-electron chi connectivity index (χ0n) is 10.3. The number of rotatable bonds is 5. The molecule has 2 rings (SSSR count). The maximum atomic E-state index is 11.9. The van der Waals surface area contributed by atoms with Crippen LogP contribution in [0.1, 0.15) is 24.2 Å². The van der Waals surface area contributed by atoms with Crippen LogP contribution in [0.2, 0.25) is 0 Å². The van der Waals surface area contributed by atoms with Gasteiger partial charge in [-0.25, -0.2) is 0 Å². The summed E-state index contributed by atoms with van der Waals surface area (Å²) in [5.41, 5.74) is 1.70. The second kappa shape index (κ2) is 4.87. The molecule has 0 aromatic carbocycles. The number of amides is 1. The lowest BCUT2D eigenvalue weighted by Crippen LogP contribution is -2.36. The number of nitrogens with one attached hydrogen (secondary N) is 1. The Morgan fingerprint density at radius 1 is 1.71 bits per heavy atom. The molecule has 2 N–H and O–H groups in total. The molecule has 0 radical (unpaired) electrons. The second-order valence-corrected chi connectivity index (χ2v) is 4.90. The average molecular weight is 237 g/mol. The Morgan fingerprint density at radius 3 is 2.94 bits per heavy atom. The lowest BCUT2D eigenvalue weighted by molar-refractivity contribution is -0.130. The van der Waals surface area contributed by atoms with E-state index in [9.17, 15) is 9.90 Å². The standard InChI is InChI=1S/C12H19N3O2/c1-8-5-10(14-13-8)6-12(17)15(2)7-11(16)9-3-4-9/h5,9,11,16H,3-4,6-7H2,1-2H3,(H,13,14). The smallest absolute Gasteiger partial charge is 0.228 e. The van der Waals surface area contributed by atoms with Crippen LogP contribution >= 0.6 is 0 Å². The maximum absolute atomic E-state index is 11.9. The molecule has 1 saturated carbocycles. The predicted molar refractivity (Wildman–Crippen MR) is 63.4 cm³/mol. The summed E-state index contributed by atoms with van der Waals surface area (Å²) in [4.78, 5) is 13.5. The SMILES string of the molecule is Cc1cc(CC(=O)N(C)CC(O)C2CC2)n[nH]1. The number of aliphatic hydroxyl groups excluding tert-OH is 1. The number of nitrogens with zero attached hydrogens (tertiary/aromatic N) is 2. The first-order chi connectivity index (χ1) is 8.06. The number of hydrogen-bond acceptors (Lipinski definition) is 3. The van der Waals surface area contributed by atoms with E-state index < -0.39 is 0 Å². The monoisotopic (exact) mass is 237 g/mol. The van der Waals surface area contributed by atoms with Crippen LogP contribution in [-0.4, -0.2) is 45.8 Å². The van der Waals surface area contributed by atoms with Gasteiger partial charge >= 0.3 is 0 Å². The first-order valence-corrected chi connectivity index (χ1v) is 5.99. The summed E-state index contributed by atoms with van der Waals surface area (Å²) < 4.78 is 0. The first-order valence-electron chi connectivity index (χ1n) is 5.99. The van der Waals surface area contributed by atoms with Crippen molar-refractivity contribution in [3.8, 4) is 0 Å². The van der Waals surface area contributed by atoms with Crippen molar-refractivity contribution in [3.63, 3.8) is 0 Å². The molecule has 1 aromatic heterocycles. The average Bonchev–Trinajstić information content (AvgIpc) is 3.04. The van der Waals surface area contributed by atoms with E-state index >= 15 is 0 Å². The normalized spacial score (nSPS) is 16.9. The highest BCUT2D eigenvalue weighted by molar-refractivity contribution is 5.78. The molecule has 1 fully saturated rings. The molecule has 0 bridgehead atoms. The van der Waals surface area contributed by atoms with Gasteiger partial charge in [-0.15, -0.1) is 0 Å². The van der Waals surface area contributed by atoms with E-state index in [1.54, 1.807) is 11.9 Å². The van der Waals surface area contributed by atoms with Gasteiger partial charge < -0.3 is 10.0 Å². The highest BCUT2D eigenvalue weighted by Crippen LogP contribution is 2.32. The minimum absolute atomic E-state index is 0.00352. The number of carbonyl (C=O) groups excluding carboxylic acids is 1. The van der Waals surface area contributed by atoms with Gasteiger partial charge in [0.05, 0.1) is 18.2 Å². The highest BCUT2D eigenvalue weighted by atomic mass is 16.3. The number of carbonyl (C=O) groups is 1. The van der Waals surface area contributed by atoms with Gasteiger partial charge in [0.15, 0.2) is 0 Å². The molecule has 0 spiro atoms. The molecule has 1 aliphatic rings. The van der Waals surface area contributed by atoms with Crippen molar-refractivity contribution in [1.82, 2.24) is 15.1 Å². The lowest BCUT2D eigenvalue weighted by Gasteiger charge is -2.20. The van der Waals surface area contributed by atoms with Gasteiger partial charge in [-0.05, 0) is 31.7 Å². The molecule has 1 heterocycles. The van der Waals surface area contributed by atoms with E-state index in [0.29, 0.717) is 12.5 Å². The van der Waals surface area contributed by atoms with Gasteiger partial charge in [0, 0.05) is 19.3 Å². The third kappa shape index (κ3) is 3.30. The van der Waals surface area contributed by atoms with Crippen molar-refractivity contribution in [2.45, 2.75) is 32.3 Å². The van der Waals surface area contributed by atoms with Crippen LogP contribution in [0.25, 0.3) is 0 Å². The van der Waals surface area contributed by atoms with Gasteiger partial charge in [-0.2, -0.15) is 5.10 Å². The number of aromatic nitrogens is 2. The minimum Gasteiger partial charge on any atom is -0.391 e. The number of aromatic amines is 1. The Kier molecular flexibility index (Phi) is 3.47. The van der Waals surface area contributed by atoms with Crippen LogP contribution in [-0.2, 0) is 11.2 Å². The van der Waals surface area contributed by atoms with Crippen molar-refractivity contribution in [2.24, 2.45) is 5.92 Å². The largest absolute Gasteiger partial charge is 0.391 e. The Hall–Kier alpha value is -1.36. The van der Waals surface area contributed by atoms with E-state index in [1.807, 2.05) is 13.0 Å². The third-order valence-corrected chi connectivity index (χ3v) is 3.14. The summed E-state index contributed by atoms with van der Waals surface area (Å²) in [6.07, 6.45) is 2.09. The number of aliphatic hydroxyl groups is 1. The summed E-state index contributed by atoms with van der Waals surface area (Å²) in [5.74, 6) is 0.397. The molecule has 5 nitrogen and oxygen atoms in total. The topological polar surface area (TPSA) is 69.2 Å². The molecule has 0 saturated heterocycles. The van der Waals surface area contributed by atoms with E-state index in [4.69, 9.17) is 0 Å². The summed E-state index contributed by atoms with van der Waals surface area (Å²) in [6, 6.07) is 1.86. The minimum atomic E-state index is -0.370. The molecular weight excluding hydrogens is 218 g/mol. The van der Waals surface area contributed by atoms with Crippen molar-refractivity contribution in [2.75, 3.05) is 13.6 Å². The second-order valence-electron chi connectivity index (χ2n) is 4.90. The van der Waals surface area contributed by atoms with Gasteiger partial charge in [-0.1, -0.05) is 0 Å². The molecule has 1 aliphatic carbocycles. The molecule has 1 atom stereocenters. The Morgan fingerprint density at radius 2 is 2.41 bits per heavy atom. The maximum Gasteiger partial charge on any atom is 0.228 e. The van der Waals surface area contributed by atoms with Crippen LogP contribution in [0.15, 0.2) is 6.07 Å². The lowest BCUT2D eigenvalue weighted by atomic mass is 10.2. The summed E-state index contributed by atoms with van der Waals surface area (Å²) in [5, 5.41) is 16.6. The van der Waals surface area contributed by atoms with E-state index in [1.165, 1.54) is 0 Å². The molecule has 0 aliphatic heterocycles. The number of hydrogen-bond donors (Lipinski definition) is 2. The molecule has 94 valence electrons.